The lowest BCUT2D eigenvalue weighted by molar-refractivity contribution is -0.123. The maximum atomic E-state index is 13.6. The number of carbonyl (C=O) groups is 2. The number of carboxylic acid groups (broad SMARTS) is 1. The standard InChI is InChI=1S/C28H32N6O3/c1-3-4-15-32(27(35)21-8-6-19(2)7-9-21)26-23(28(36)37)18-34(31-26)22-12-10-20(11-13-22)24-17-25-29-14-5-16-33(25)30-24/h5,10-14,16-19,21H,3-4,6-9,15H2,1-2H3,(H,36,37). The summed E-state index contributed by atoms with van der Waals surface area (Å²) in [6.45, 7) is 4.73. The number of anilines is 1. The van der Waals surface area contributed by atoms with Crippen LogP contribution in [0.3, 0.4) is 0 Å². The summed E-state index contributed by atoms with van der Waals surface area (Å²) in [7, 11) is 0. The molecule has 0 bridgehead atoms. The molecule has 0 unspecified atom stereocenters. The van der Waals surface area contributed by atoms with E-state index in [1.54, 1.807) is 20.3 Å². The summed E-state index contributed by atoms with van der Waals surface area (Å²) in [5, 5.41) is 19.2. The molecule has 0 radical (unpaired) electrons. The normalized spacial score (nSPS) is 17.7. The van der Waals surface area contributed by atoms with E-state index in [1.165, 1.54) is 6.20 Å². The molecule has 0 aliphatic heterocycles. The molecule has 0 saturated heterocycles. The lowest BCUT2D eigenvalue weighted by Crippen LogP contribution is -2.39. The number of hydrogen-bond acceptors (Lipinski definition) is 5. The van der Waals surface area contributed by atoms with E-state index >= 15 is 0 Å². The van der Waals surface area contributed by atoms with Gasteiger partial charge in [-0.15, -0.1) is 5.10 Å². The summed E-state index contributed by atoms with van der Waals surface area (Å²) in [6.07, 6.45) is 10.5. The highest BCUT2D eigenvalue weighted by Gasteiger charge is 2.32. The van der Waals surface area contributed by atoms with Crippen molar-refractivity contribution >= 4 is 23.3 Å². The smallest absolute Gasteiger partial charge is 0.341 e. The summed E-state index contributed by atoms with van der Waals surface area (Å²) in [5.74, 6) is -0.341. The summed E-state index contributed by atoms with van der Waals surface area (Å²) in [5.41, 5.74) is 3.19. The Hall–Kier alpha value is -4.01. The zero-order valence-corrected chi connectivity index (χ0v) is 21.2. The first-order valence-corrected chi connectivity index (χ1v) is 13.0. The average Bonchev–Trinajstić information content (AvgIpc) is 3.55. The van der Waals surface area contributed by atoms with Crippen LogP contribution in [-0.4, -0.2) is 47.9 Å². The van der Waals surface area contributed by atoms with Crippen molar-refractivity contribution in [2.24, 2.45) is 11.8 Å². The molecule has 9 nitrogen and oxygen atoms in total. The van der Waals surface area contributed by atoms with Crippen LogP contribution in [0.5, 0.6) is 0 Å². The number of rotatable bonds is 8. The van der Waals surface area contributed by atoms with E-state index in [0.717, 1.165) is 55.4 Å². The van der Waals surface area contributed by atoms with Gasteiger partial charge in [0.05, 0.1) is 11.4 Å². The minimum Gasteiger partial charge on any atom is -0.477 e. The van der Waals surface area contributed by atoms with Crippen LogP contribution in [0.15, 0.2) is 55.0 Å². The van der Waals surface area contributed by atoms with Gasteiger partial charge in [-0.05, 0) is 56.2 Å². The van der Waals surface area contributed by atoms with Gasteiger partial charge >= 0.3 is 5.97 Å². The summed E-state index contributed by atoms with van der Waals surface area (Å²) >= 11 is 0. The Kier molecular flexibility index (Phi) is 7.03. The van der Waals surface area contributed by atoms with E-state index in [2.05, 4.69) is 29.0 Å². The molecule has 1 aromatic carbocycles. The molecule has 3 heterocycles. The van der Waals surface area contributed by atoms with E-state index < -0.39 is 5.97 Å². The van der Waals surface area contributed by atoms with Crippen LogP contribution in [-0.2, 0) is 4.79 Å². The number of aromatic nitrogens is 5. The highest BCUT2D eigenvalue weighted by atomic mass is 16.4. The predicted octanol–water partition coefficient (Wildman–Crippen LogP) is 5.24. The second-order valence-electron chi connectivity index (χ2n) is 9.92. The number of hydrogen-bond donors (Lipinski definition) is 1. The fraction of sp³-hybridized carbons (Fsp3) is 0.393. The van der Waals surface area contributed by atoms with E-state index in [-0.39, 0.29) is 23.2 Å². The van der Waals surface area contributed by atoms with Gasteiger partial charge in [-0.25, -0.2) is 19.0 Å². The Balaban J connectivity index is 1.45. The summed E-state index contributed by atoms with van der Waals surface area (Å²) in [4.78, 5) is 31.7. The molecule has 1 aliphatic rings. The third-order valence-electron chi connectivity index (χ3n) is 7.21. The van der Waals surface area contributed by atoms with Gasteiger partial charge in [0.25, 0.3) is 0 Å². The molecule has 1 aliphatic carbocycles. The minimum absolute atomic E-state index is 0.0103. The molecular weight excluding hydrogens is 468 g/mol. The van der Waals surface area contributed by atoms with Crippen molar-refractivity contribution in [3.8, 4) is 16.9 Å². The van der Waals surface area contributed by atoms with Crippen molar-refractivity contribution in [3.63, 3.8) is 0 Å². The Morgan fingerprint density at radius 2 is 1.86 bits per heavy atom. The first kappa shape index (κ1) is 24.7. The lowest BCUT2D eigenvalue weighted by atomic mass is 9.82. The van der Waals surface area contributed by atoms with Crippen molar-refractivity contribution < 1.29 is 14.7 Å². The number of aromatic carboxylic acids is 1. The zero-order chi connectivity index (χ0) is 25.9. The van der Waals surface area contributed by atoms with Gasteiger partial charge in [0.15, 0.2) is 11.5 Å². The van der Waals surface area contributed by atoms with Crippen LogP contribution in [0.2, 0.25) is 0 Å². The highest BCUT2D eigenvalue weighted by molar-refractivity contribution is 6.01. The molecule has 1 N–H and O–H groups in total. The first-order valence-electron chi connectivity index (χ1n) is 13.0. The van der Waals surface area contributed by atoms with E-state index in [0.29, 0.717) is 18.2 Å². The monoisotopic (exact) mass is 500 g/mol. The number of amides is 1. The van der Waals surface area contributed by atoms with E-state index in [1.807, 2.05) is 42.6 Å². The number of unbranched alkanes of at least 4 members (excludes halogenated alkanes) is 1. The van der Waals surface area contributed by atoms with Gasteiger partial charge in [0, 0.05) is 42.7 Å². The first-order chi connectivity index (χ1) is 17.9. The van der Waals surface area contributed by atoms with Crippen molar-refractivity contribution in [2.75, 3.05) is 11.4 Å². The van der Waals surface area contributed by atoms with Gasteiger partial charge in [0.1, 0.15) is 5.56 Å². The molecule has 192 valence electrons. The minimum atomic E-state index is -1.10. The SMILES string of the molecule is CCCCN(C(=O)C1CCC(C)CC1)c1nn(-c2ccc(-c3cc4ncccn4n3)cc2)cc1C(=O)O. The molecule has 37 heavy (non-hydrogen) atoms. The molecule has 5 rings (SSSR count). The number of benzene rings is 1. The van der Waals surface area contributed by atoms with Crippen molar-refractivity contribution in [2.45, 2.75) is 52.4 Å². The quantitative estimate of drug-likeness (QED) is 0.355. The molecule has 9 heteroatoms. The largest absolute Gasteiger partial charge is 0.477 e. The third-order valence-corrected chi connectivity index (χ3v) is 7.21. The maximum absolute atomic E-state index is 13.6. The number of fused-ring (bicyclic) bond motifs is 1. The van der Waals surface area contributed by atoms with Crippen LogP contribution < -0.4 is 4.90 Å². The predicted molar refractivity (Wildman–Crippen MR) is 141 cm³/mol. The highest BCUT2D eigenvalue weighted by Crippen LogP contribution is 2.32. The van der Waals surface area contributed by atoms with E-state index in [9.17, 15) is 14.7 Å². The summed E-state index contributed by atoms with van der Waals surface area (Å²) < 4.78 is 3.26. The molecule has 1 saturated carbocycles. The average molecular weight is 501 g/mol. The fourth-order valence-electron chi connectivity index (χ4n) is 4.97. The second-order valence-corrected chi connectivity index (χ2v) is 9.92. The zero-order valence-electron chi connectivity index (χ0n) is 21.2. The van der Waals surface area contributed by atoms with Crippen molar-refractivity contribution in [1.29, 1.82) is 0 Å². The van der Waals surface area contributed by atoms with Gasteiger partial charge in [-0.1, -0.05) is 32.4 Å². The van der Waals surface area contributed by atoms with Gasteiger partial charge in [0.2, 0.25) is 5.91 Å². The molecule has 1 fully saturated rings. The fourth-order valence-corrected chi connectivity index (χ4v) is 4.97. The second kappa shape index (κ2) is 10.5. The molecule has 3 aromatic heterocycles. The summed E-state index contributed by atoms with van der Waals surface area (Å²) in [6, 6.07) is 11.3. The molecule has 1 amide bonds. The molecule has 0 atom stereocenters. The molecule has 4 aromatic rings. The van der Waals surface area contributed by atoms with Crippen LogP contribution in [0.25, 0.3) is 22.6 Å². The Bertz CT molecular complexity index is 1370. The number of nitrogens with zero attached hydrogens (tertiary/aromatic N) is 6. The number of carboxylic acids is 1. The topological polar surface area (TPSA) is 106 Å². The van der Waals surface area contributed by atoms with Gasteiger partial charge in [-0.2, -0.15) is 5.10 Å². The Morgan fingerprint density at radius 3 is 2.54 bits per heavy atom. The lowest BCUT2D eigenvalue weighted by Gasteiger charge is -2.30. The van der Waals surface area contributed by atoms with E-state index in [4.69, 9.17) is 0 Å². The third kappa shape index (κ3) is 5.12. The van der Waals surface area contributed by atoms with Gasteiger partial charge < -0.3 is 5.11 Å². The number of carbonyl (C=O) groups excluding carboxylic acids is 1. The van der Waals surface area contributed by atoms with Crippen LogP contribution in [0.4, 0.5) is 5.82 Å². The molecule has 0 spiro atoms. The molecular formula is C28H32N6O3. The van der Waals surface area contributed by atoms with Gasteiger partial charge in [-0.3, -0.25) is 9.69 Å². The Labute approximate surface area is 215 Å². The Morgan fingerprint density at radius 1 is 1.11 bits per heavy atom. The maximum Gasteiger partial charge on any atom is 0.341 e. The van der Waals surface area contributed by atoms with Crippen LogP contribution >= 0.6 is 0 Å². The van der Waals surface area contributed by atoms with Crippen LogP contribution in [0.1, 0.15) is 62.7 Å². The van der Waals surface area contributed by atoms with Crippen molar-refractivity contribution in [3.05, 3.63) is 60.6 Å². The van der Waals surface area contributed by atoms with Crippen molar-refractivity contribution in [1.82, 2.24) is 24.4 Å². The van der Waals surface area contributed by atoms with Crippen LogP contribution in [0, 0.1) is 11.8 Å².